The lowest BCUT2D eigenvalue weighted by atomic mass is 10.2. The number of halogens is 3. The standard InChI is InChI=1S/C17H17F3N2O2S2/c18-17(19,20)25-15-6-8-16(9-7-15)26(23,24)22-11-10-14(12-22)21-13-4-2-1-3-5-13/h1-9,14,21H,10-12H2. The van der Waals surface area contributed by atoms with Crippen LogP contribution in [0.3, 0.4) is 0 Å². The first-order valence-corrected chi connectivity index (χ1v) is 10.2. The smallest absolute Gasteiger partial charge is 0.381 e. The van der Waals surface area contributed by atoms with Crippen molar-refractivity contribution in [2.24, 2.45) is 0 Å². The van der Waals surface area contributed by atoms with Crippen LogP contribution in [-0.4, -0.2) is 37.4 Å². The molecule has 2 aromatic rings. The van der Waals surface area contributed by atoms with Crippen LogP contribution in [0.2, 0.25) is 0 Å². The van der Waals surface area contributed by atoms with Gasteiger partial charge in [0.25, 0.3) is 0 Å². The van der Waals surface area contributed by atoms with Crippen molar-refractivity contribution in [3.05, 3.63) is 54.6 Å². The maximum absolute atomic E-state index is 12.7. The van der Waals surface area contributed by atoms with Crippen molar-refractivity contribution in [1.82, 2.24) is 4.31 Å². The van der Waals surface area contributed by atoms with Gasteiger partial charge < -0.3 is 5.32 Å². The van der Waals surface area contributed by atoms with Gasteiger partial charge in [0.2, 0.25) is 10.0 Å². The average Bonchev–Trinajstić information content (AvgIpc) is 3.04. The zero-order valence-corrected chi connectivity index (χ0v) is 15.2. The number of sulfonamides is 1. The third kappa shape index (κ3) is 4.72. The zero-order valence-electron chi connectivity index (χ0n) is 13.6. The van der Waals surface area contributed by atoms with Gasteiger partial charge in [-0.05, 0) is 54.6 Å². The van der Waals surface area contributed by atoms with E-state index in [1.54, 1.807) is 0 Å². The van der Waals surface area contributed by atoms with Gasteiger partial charge in [-0.1, -0.05) is 18.2 Å². The minimum atomic E-state index is -4.40. The molecule has 3 rings (SSSR count). The van der Waals surface area contributed by atoms with Crippen molar-refractivity contribution in [2.75, 3.05) is 18.4 Å². The van der Waals surface area contributed by atoms with Crippen LogP contribution in [0.4, 0.5) is 18.9 Å². The molecule has 1 atom stereocenters. The molecule has 4 nitrogen and oxygen atoms in total. The number of alkyl halides is 3. The molecule has 0 aromatic heterocycles. The second kappa shape index (κ2) is 7.50. The average molecular weight is 402 g/mol. The molecule has 0 bridgehead atoms. The van der Waals surface area contributed by atoms with Gasteiger partial charge in [0.15, 0.2) is 0 Å². The number of nitrogens with zero attached hydrogens (tertiary/aromatic N) is 1. The second-order valence-electron chi connectivity index (χ2n) is 5.88. The monoisotopic (exact) mass is 402 g/mol. The number of para-hydroxylation sites is 1. The van der Waals surface area contributed by atoms with E-state index < -0.39 is 15.5 Å². The molecule has 9 heteroatoms. The first kappa shape index (κ1) is 19.1. The number of nitrogens with one attached hydrogen (secondary N) is 1. The van der Waals surface area contributed by atoms with Crippen LogP contribution in [0, 0.1) is 0 Å². The van der Waals surface area contributed by atoms with Gasteiger partial charge in [-0.2, -0.15) is 17.5 Å². The summed E-state index contributed by atoms with van der Waals surface area (Å²) in [6.45, 7) is 0.683. The molecular weight excluding hydrogens is 385 g/mol. The normalized spacial score (nSPS) is 18.8. The van der Waals surface area contributed by atoms with Crippen LogP contribution < -0.4 is 5.32 Å². The fourth-order valence-corrected chi connectivity index (χ4v) is 4.84. The molecule has 26 heavy (non-hydrogen) atoms. The van der Waals surface area contributed by atoms with Gasteiger partial charge in [-0.25, -0.2) is 8.42 Å². The molecule has 0 spiro atoms. The fraction of sp³-hybridized carbons (Fsp3) is 0.294. The molecule has 1 saturated heterocycles. The molecule has 1 unspecified atom stereocenters. The van der Waals surface area contributed by atoms with E-state index in [9.17, 15) is 21.6 Å². The van der Waals surface area contributed by atoms with Crippen LogP contribution in [-0.2, 0) is 10.0 Å². The highest BCUT2D eigenvalue weighted by Gasteiger charge is 2.33. The highest BCUT2D eigenvalue weighted by atomic mass is 32.2. The minimum absolute atomic E-state index is 0.00406. The highest BCUT2D eigenvalue weighted by Crippen LogP contribution is 2.37. The number of anilines is 1. The van der Waals surface area contributed by atoms with Crippen molar-refractivity contribution in [2.45, 2.75) is 27.8 Å². The molecule has 0 radical (unpaired) electrons. The Kier molecular flexibility index (Phi) is 5.50. The second-order valence-corrected chi connectivity index (χ2v) is 8.95. The van der Waals surface area contributed by atoms with Crippen LogP contribution in [0.15, 0.2) is 64.4 Å². The Bertz CT molecular complexity index is 841. The third-order valence-corrected chi connectivity index (χ3v) is 6.61. The van der Waals surface area contributed by atoms with Gasteiger partial charge in [0.05, 0.1) is 4.90 Å². The van der Waals surface area contributed by atoms with Gasteiger partial charge in [0.1, 0.15) is 0 Å². The van der Waals surface area contributed by atoms with Gasteiger partial charge in [0, 0.05) is 29.7 Å². The van der Waals surface area contributed by atoms with Gasteiger partial charge >= 0.3 is 5.51 Å². The Morgan fingerprint density at radius 3 is 2.31 bits per heavy atom. The molecular formula is C17H17F3N2O2S2. The maximum atomic E-state index is 12.7. The Labute approximate surface area is 154 Å². The van der Waals surface area contributed by atoms with Crippen molar-refractivity contribution in [1.29, 1.82) is 0 Å². The lowest BCUT2D eigenvalue weighted by molar-refractivity contribution is -0.0328. The Balaban J connectivity index is 1.67. The van der Waals surface area contributed by atoms with Crippen molar-refractivity contribution in [3.63, 3.8) is 0 Å². The molecule has 0 amide bonds. The maximum Gasteiger partial charge on any atom is 0.446 e. The first-order chi connectivity index (χ1) is 12.2. The summed E-state index contributed by atoms with van der Waals surface area (Å²) in [4.78, 5) is -0.0362. The Morgan fingerprint density at radius 2 is 1.69 bits per heavy atom. The topological polar surface area (TPSA) is 49.4 Å². The van der Waals surface area contributed by atoms with E-state index in [0.717, 1.165) is 5.69 Å². The Hall–Kier alpha value is -1.71. The fourth-order valence-electron chi connectivity index (χ4n) is 2.80. The molecule has 0 saturated carbocycles. The number of hydrogen-bond donors (Lipinski definition) is 1. The van der Waals surface area contributed by atoms with Crippen molar-refractivity contribution >= 4 is 27.5 Å². The quantitative estimate of drug-likeness (QED) is 0.763. The van der Waals surface area contributed by atoms with Crippen molar-refractivity contribution < 1.29 is 21.6 Å². The van der Waals surface area contributed by atoms with E-state index in [1.807, 2.05) is 30.3 Å². The van der Waals surface area contributed by atoms with Crippen LogP contribution >= 0.6 is 11.8 Å². The molecule has 0 aliphatic carbocycles. The van der Waals surface area contributed by atoms with E-state index in [4.69, 9.17) is 0 Å². The van der Waals surface area contributed by atoms with E-state index in [0.29, 0.717) is 19.5 Å². The number of thioether (sulfide) groups is 1. The summed E-state index contributed by atoms with van der Waals surface area (Å²) in [6, 6.07) is 14.3. The molecule has 1 fully saturated rings. The molecule has 1 aliphatic heterocycles. The minimum Gasteiger partial charge on any atom is -0.381 e. The lowest BCUT2D eigenvalue weighted by Crippen LogP contribution is -2.31. The van der Waals surface area contributed by atoms with E-state index in [-0.39, 0.29) is 27.6 Å². The van der Waals surface area contributed by atoms with Crippen LogP contribution in [0.25, 0.3) is 0 Å². The number of hydrogen-bond acceptors (Lipinski definition) is 4. The predicted molar refractivity (Wildman–Crippen MR) is 95.6 cm³/mol. The van der Waals surface area contributed by atoms with Crippen molar-refractivity contribution in [3.8, 4) is 0 Å². The Morgan fingerprint density at radius 1 is 1.04 bits per heavy atom. The molecule has 2 aromatic carbocycles. The number of rotatable bonds is 5. The van der Waals surface area contributed by atoms with E-state index in [2.05, 4.69) is 5.32 Å². The molecule has 140 valence electrons. The molecule has 1 N–H and O–H groups in total. The highest BCUT2D eigenvalue weighted by molar-refractivity contribution is 8.00. The van der Waals surface area contributed by atoms with E-state index >= 15 is 0 Å². The largest absolute Gasteiger partial charge is 0.446 e. The summed E-state index contributed by atoms with van der Waals surface area (Å²) in [6.07, 6.45) is 0.663. The molecule has 1 heterocycles. The summed E-state index contributed by atoms with van der Waals surface area (Å²) in [7, 11) is -3.72. The van der Waals surface area contributed by atoms with Crippen LogP contribution in [0.5, 0.6) is 0 Å². The summed E-state index contributed by atoms with van der Waals surface area (Å²) in [5.74, 6) is 0. The zero-order chi connectivity index (χ0) is 18.8. The van der Waals surface area contributed by atoms with E-state index in [1.165, 1.54) is 28.6 Å². The number of benzene rings is 2. The predicted octanol–water partition coefficient (Wildman–Crippen LogP) is 4.17. The lowest BCUT2D eigenvalue weighted by Gasteiger charge is -2.18. The first-order valence-electron chi connectivity index (χ1n) is 7.91. The SMILES string of the molecule is O=S(=O)(c1ccc(SC(F)(F)F)cc1)N1CCC(Nc2ccccc2)C1. The summed E-state index contributed by atoms with van der Waals surface area (Å²) in [5.41, 5.74) is -3.48. The van der Waals surface area contributed by atoms with Gasteiger partial charge in [-0.3, -0.25) is 0 Å². The van der Waals surface area contributed by atoms with Gasteiger partial charge in [-0.15, -0.1) is 0 Å². The molecule has 1 aliphatic rings. The summed E-state index contributed by atoms with van der Waals surface area (Å²) < 4.78 is 63.9. The third-order valence-electron chi connectivity index (χ3n) is 3.99. The van der Waals surface area contributed by atoms with Crippen LogP contribution in [0.1, 0.15) is 6.42 Å². The summed E-state index contributed by atoms with van der Waals surface area (Å²) in [5, 5.41) is 3.29. The summed E-state index contributed by atoms with van der Waals surface area (Å²) >= 11 is -0.264.